The number of carbonyl (C=O) groups is 1. The zero-order valence-corrected chi connectivity index (χ0v) is 15.7. The van der Waals surface area contributed by atoms with Crippen LogP contribution in [0.3, 0.4) is 0 Å². The Kier molecular flexibility index (Phi) is 6.04. The van der Waals surface area contributed by atoms with E-state index in [0.717, 1.165) is 25.9 Å². The topological polar surface area (TPSA) is 117 Å². The summed E-state index contributed by atoms with van der Waals surface area (Å²) in [4.78, 5) is 19.3. The number of anilines is 2. The second-order valence-corrected chi connectivity index (χ2v) is 8.00. The van der Waals surface area contributed by atoms with Crippen LogP contribution in [-0.4, -0.2) is 45.5 Å². The van der Waals surface area contributed by atoms with Crippen molar-refractivity contribution >= 4 is 27.4 Å². The minimum Gasteiger partial charge on any atom is -0.356 e. The number of sulfonamides is 1. The van der Waals surface area contributed by atoms with Crippen molar-refractivity contribution in [3.05, 3.63) is 48.2 Å². The van der Waals surface area contributed by atoms with E-state index in [1.165, 1.54) is 12.1 Å². The minimum absolute atomic E-state index is 0.0692. The van der Waals surface area contributed by atoms with Crippen LogP contribution in [0.15, 0.2) is 47.5 Å². The Morgan fingerprint density at radius 1 is 1.19 bits per heavy atom. The Labute approximate surface area is 158 Å². The van der Waals surface area contributed by atoms with Gasteiger partial charge in [0, 0.05) is 38.1 Å². The van der Waals surface area contributed by atoms with E-state index in [0.29, 0.717) is 17.1 Å². The number of rotatable bonds is 7. The maximum atomic E-state index is 12.8. The highest BCUT2D eigenvalue weighted by atomic mass is 32.2. The van der Waals surface area contributed by atoms with Gasteiger partial charge in [-0.15, -0.1) is 0 Å². The third kappa shape index (κ3) is 4.62. The molecule has 1 amide bonds. The molecule has 8 nitrogen and oxygen atoms in total. The molecule has 27 heavy (non-hydrogen) atoms. The molecule has 0 aliphatic carbocycles. The van der Waals surface area contributed by atoms with Crippen LogP contribution in [0.25, 0.3) is 0 Å². The van der Waals surface area contributed by atoms with Gasteiger partial charge in [-0.2, -0.15) is 0 Å². The number of amides is 1. The molecule has 4 N–H and O–H groups in total. The first-order chi connectivity index (χ1) is 13.0. The second-order valence-electron chi connectivity index (χ2n) is 6.24. The molecule has 1 fully saturated rings. The van der Waals surface area contributed by atoms with Crippen molar-refractivity contribution in [2.24, 2.45) is 5.73 Å². The maximum Gasteiger partial charge on any atom is 0.259 e. The van der Waals surface area contributed by atoms with Crippen LogP contribution in [0, 0.1) is 0 Å². The molecule has 0 saturated carbocycles. The Hall–Kier alpha value is -2.49. The predicted octanol–water partition coefficient (Wildman–Crippen LogP) is 1.17. The van der Waals surface area contributed by atoms with E-state index in [-0.39, 0.29) is 23.9 Å². The van der Waals surface area contributed by atoms with Crippen LogP contribution in [0.4, 0.5) is 11.5 Å². The number of carbonyl (C=O) groups excluding carboxylic acids is 1. The monoisotopic (exact) mass is 389 g/mol. The van der Waals surface area contributed by atoms with Gasteiger partial charge in [-0.1, -0.05) is 6.07 Å². The summed E-state index contributed by atoms with van der Waals surface area (Å²) in [7, 11) is -3.67. The molecule has 0 spiro atoms. The third-order valence-corrected chi connectivity index (χ3v) is 5.73. The number of pyridine rings is 1. The van der Waals surface area contributed by atoms with Gasteiger partial charge in [0.1, 0.15) is 5.82 Å². The largest absolute Gasteiger partial charge is 0.356 e. The van der Waals surface area contributed by atoms with Gasteiger partial charge in [0.2, 0.25) is 10.0 Å². The highest BCUT2D eigenvalue weighted by Gasteiger charge is 2.21. The molecule has 1 aromatic carbocycles. The Morgan fingerprint density at radius 2 is 1.96 bits per heavy atom. The van der Waals surface area contributed by atoms with E-state index in [1.807, 2.05) is 0 Å². The van der Waals surface area contributed by atoms with Crippen molar-refractivity contribution in [1.29, 1.82) is 0 Å². The summed E-state index contributed by atoms with van der Waals surface area (Å²) >= 11 is 0. The number of benzene rings is 1. The van der Waals surface area contributed by atoms with Gasteiger partial charge in [0.05, 0.1) is 10.5 Å². The molecular formula is C18H23N5O3S. The average Bonchev–Trinajstić information content (AvgIpc) is 3.21. The van der Waals surface area contributed by atoms with Gasteiger partial charge < -0.3 is 16.0 Å². The van der Waals surface area contributed by atoms with E-state index in [2.05, 4.69) is 19.9 Å². The van der Waals surface area contributed by atoms with Crippen LogP contribution in [-0.2, 0) is 10.0 Å². The van der Waals surface area contributed by atoms with Gasteiger partial charge in [-0.25, -0.2) is 18.1 Å². The summed E-state index contributed by atoms with van der Waals surface area (Å²) in [5.41, 5.74) is 6.21. The maximum absolute atomic E-state index is 12.8. The number of nitrogens with one attached hydrogen (secondary N) is 2. The lowest BCUT2D eigenvalue weighted by atomic mass is 10.2. The Balaban J connectivity index is 1.80. The molecule has 1 aliphatic heterocycles. The summed E-state index contributed by atoms with van der Waals surface area (Å²) in [6.07, 6.45) is 3.82. The van der Waals surface area contributed by atoms with E-state index in [4.69, 9.17) is 5.73 Å². The summed E-state index contributed by atoms with van der Waals surface area (Å²) in [5, 5.41) is 2.77. The van der Waals surface area contributed by atoms with Crippen molar-refractivity contribution in [3.8, 4) is 0 Å². The molecule has 1 aliphatic rings. The Morgan fingerprint density at radius 3 is 2.70 bits per heavy atom. The highest BCUT2D eigenvalue weighted by Crippen LogP contribution is 2.23. The summed E-state index contributed by atoms with van der Waals surface area (Å²) in [6, 6.07) is 9.55. The molecule has 144 valence electrons. The third-order valence-electron chi connectivity index (χ3n) is 4.28. The SMILES string of the molecule is NCCNS(=O)(=O)c1cccc(NC(=O)c2cccnc2N2CCCC2)c1. The molecule has 0 bridgehead atoms. The molecule has 0 radical (unpaired) electrons. The number of hydrogen-bond donors (Lipinski definition) is 3. The van der Waals surface area contributed by atoms with Crippen LogP contribution < -0.4 is 20.7 Å². The van der Waals surface area contributed by atoms with Crippen molar-refractivity contribution in [3.63, 3.8) is 0 Å². The van der Waals surface area contributed by atoms with Crippen LogP contribution in [0.5, 0.6) is 0 Å². The van der Waals surface area contributed by atoms with Crippen molar-refractivity contribution in [1.82, 2.24) is 9.71 Å². The normalized spacial score (nSPS) is 14.3. The van der Waals surface area contributed by atoms with Crippen molar-refractivity contribution in [2.75, 3.05) is 36.4 Å². The van der Waals surface area contributed by atoms with E-state index in [9.17, 15) is 13.2 Å². The lowest BCUT2D eigenvalue weighted by Gasteiger charge is -2.19. The summed E-state index contributed by atoms with van der Waals surface area (Å²) in [6.45, 7) is 2.10. The fourth-order valence-corrected chi connectivity index (χ4v) is 4.06. The van der Waals surface area contributed by atoms with Crippen LogP contribution in [0.1, 0.15) is 23.2 Å². The first-order valence-electron chi connectivity index (χ1n) is 8.82. The Bertz CT molecular complexity index is 911. The zero-order valence-electron chi connectivity index (χ0n) is 14.9. The second kappa shape index (κ2) is 8.47. The van der Waals surface area contributed by atoms with Crippen molar-refractivity contribution in [2.45, 2.75) is 17.7 Å². The molecule has 3 rings (SSSR count). The lowest BCUT2D eigenvalue weighted by Crippen LogP contribution is -2.29. The van der Waals surface area contributed by atoms with Gasteiger partial charge >= 0.3 is 0 Å². The quantitative estimate of drug-likeness (QED) is 0.654. The predicted molar refractivity (Wildman–Crippen MR) is 104 cm³/mol. The average molecular weight is 389 g/mol. The fourth-order valence-electron chi connectivity index (χ4n) is 2.97. The van der Waals surface area contributed by atoms with Gasteiger partial charge in [0.15, 0.2) is 0 Å². The number of nitrogens with zero attached hydrogens (tertiary/aromatic N) is 2. The first kappa shape index (κ1) is 19.3. The van der Waals surface area contributed by atoms with Gasteiger partial charge in [0.25, 0.3) is 5.91 Å². The summed E-state index contributed by atoms with van der Waals surface area (Å²) < 4.78 is 26.9. The van der Waals surface area contributed by atoms with E-state index in [1.54, 1.807) is 30.5 Å². The van der Waals surface area contributed by atoms with Crippen molar-refractivity contribution < 1.29 is 13.2 Å². The van der Waals surface area contributed by atoms with Gasteiger partial charge in [-0.3, -0.25) is 4.79 Å². The van der Waals surface area contributed by atoms with E-state index >= 15 is 0 Å². The number of hydrogen-bond acceptors (Lipinski definition) is 6. The minimum atomic E-state index is -3.67. The number of aromatic nitrogens is 1. The molecular weight excluding hydrogens is 366 g/mol. The molecule has 1 aromatic heterocycles. The van der Waals surface area contributed by atoms with Gasteiger partial charge in [-0.05, 0) is 43.2 Å². The van der Waals surface area contributed by atoms with Crippen LogP contribution >= 0.6 is 0 Å². The fraction of sp³-hybridized carbons (Fsp3) is 0.333. The molecule has 1 saturated heterocycles. The number of nitrogens with two attached hydrogens (primary N) is 1. The smallest absolute Gasteiger partial charge is 0.259 e. The zero-order chi connectivity index (χ0) is 19.3. The molecule has 0 atom stereocenters. The molecule has 2 aromatic rings. The molecule has 2 heterocycles. The first-order valence-corrected chi connectivity index (χ1v) is 10.3. The van der Waals surface area contributed by atoms with E-state index < -0.39 is 10.0 Å². The lowest BCUT2D eigenvalue weighted by molar-refractivity contribution is 0.102. The molecule has 0 unspecified atom stereocenters. The highest BCUT2D eigenvalue weighted by molar-refractivity contribution is 7.89. The molecule has 9 heteroatoms. The summed E-state index contributed by atoms with van der Waals surface area (Å²) in [5.74, 6) is 0.329. The van der Waals surface area contributed by atoms with Crippen LogP contribution in [0.2, 0.25) is 0 Å². The standard InChI is InChI=1S/C18H23N5O3S/c19-8-10-21-27(25,26)15-6-3-5-14(13-15)22-18(24)16-7-4-9-20-17(16)23-11-1-2-12-23/h3-7,9,13,21H,1-2,8,10-12,19H2,(H,22,24).